The maximum Gasteiger partial charge on any atom is 0.485 e. The monoisotopic (exact) mass is 486 g/mol. The molecule has 0 fully saturated rings. The fraction of sp³-hybridized carbons (Fsp3) is 0.294. The second kappa shape index (κ2) is 8.50. The summed E-state index contributed by atoms with van der Waals surface area (Å²) in [5.41, 5.74) is 0.0711. The van der Waals surface area contributed by atoms with Gasteiger partial charge in [-0.25, -0.2) is 8.42 Å². The summed E-state index contributed by atoms with van der Waals surface area (Å²) < 4.78 is 62.0. The maximum atomic E-state index is 10.7. The molecule has 0 saturated heterocycles. The van der Waals surface area contributed by atoms with Crippen molar-refractivity contribution in [1.82, 2.24) is 0 Å². The van der Waals surface area contributed by atoms with Crippen LogP contribution in [0.1, 0.15) is 22.3 Å². The molecule has 0 aliphatic carbocycles. The lowest BCUT2D eigenvalue weighted by atomic mass is 10.1. The number of hydrogen-bond donors (Lipinski definition) is 0. The van der Waals surface area contributed by atoms with Gasteiger partial charge in [-0.15, -0.1) is 0 Å². The minimum atomic E-state index is -6.09. The van der Waals surface area contributed by atoms with Crippen LogP contribution in [0.4, 0.5) is 13.2 Å². The quantitative estimate of drug-likeness (QED) is 0.363. The van der Waals surface area contributed by atoms with Crippen LogP contribution in [0.25, 0.3) is 0 Å². The van der Waals surface area contributed by atoms with Crippen LogP contribution in [0.3, 0.4) is 0 Å². The van der Waals surface area contributed by atoms with E-state index in [1.807, 2.05) is 0 Å². The SMILES string of the molecule is Cc1cc(C)c([I+]c2ccccc2C)c(C)c1.O=S(=O)([O-])C(F)(F)F. The number of aryl methyl sites for hydroxylation is 4. The van der Waals surface area contributed by atoms with E-state index in [4.69, 9.17) is 13.0 Å². The van der Waals surface area contributed by atoms with Gasteiger partial charge in [0.25, 0.3) is 0 Å². The number of hydrogen-bond acceptors (Lipinski definition) is 3. The van der Waals surface area contributed by atoms with E-state index >= 15 is 0 Å². The van der Waals surface area contributed by atoms with Crippen molar-refractivity contribution >= 4 is 10.1 Å². The van der Waals surface area contributed by atoms with Gasteiger partial charge in [-0.1, -0.05) is 35.9 Å². The van der Waals surface area contributed by atoms with Crippen LogP contribution in [0, 0.1) is 34.8 Å². The van der Waals surface area contributed by atoms with Crippen molar-refractivity contribution in [3.05, 3.63) is 65.8 Å². The molecule has 2 aromatic carbocycles. The molecule has 0 atom stereocenters. The number of halogens is 4. The van der Waals surface area contributed by atoms with E-state index < -0.39 is 15.6 Å². The molecule has 3 nitrogen and oxygen atoms in total. The van der Waals surface area contributed by atoms with Crippen LogP contribution in [-0.4, -0.2) is 18.5 Å². The molecule has 8 heteroatoms. The molecule has 25 heavy (non-hydrogen) atoms. The topological polar surface area (TPSA) is 57.2 Å². The molecule has 0 radical (unpaired) electrons. The first kappa shape index (κ1) is 21.9. The largest absolute Gasteiger partial charge is 0.741 e. The van der Waals surface area contributed by atoms with Gasteiger partial charge in [0, 0.05) is 16.7 Å². The average molecular weight is 486 g/mol. The standard InChI is InChI=1S/C16H18I.CHF3O3S/c1-11-9-13(3)16(14(4)10-11)17-15-8-6-5-7-12(15)2;2-1(3,4)8(5,6)7/h5-10H,1-4H3;(H,5,6,7)/q+1;/p-1. The molecule has 0 bridgehead atoms. The van der Waals surface area contributed by atoms with Gasteiger partial charge in [-0.2, -0.15) is 13.2 Å². The molecule has 0 unspecified atom stereocenters. The molecule has 138 valence electrons. The Kier molecular flexibility index (Phi) is 7.45. The summed E-state index contributed by atoms with van der Waals surface area (Å²) >= 11 is -0.0492. The molecular formula is C17H18F3IO3S. The van der Waals surface area contributed by atoms with E-state index in [-0.39, 0.29) is 21.2 Å². The van der Waals surface area contributed by atoms with E-state index in [0.29, 0.717) is 0 Å². The fourth-order valence-corrected chi connectivity index (χ4v) is 4.81. The normalized spacial score (nSPS) is 11.7. The lowest BCUT2D eigenvalue weighted by Crippen LogP contribution is -3.62. The van der Waals surface area contributed by atoms with Crippen molar-refractivity contribution in [2.24, 2.45) is 0 Å². The van der Waals surface area contributed by atoms with E-state index in [2.05, 4.69) is 64.1 Å². The summed E-state index contributed by atoms with van der Waals surface area (Å²) in [7, 11) is -6.09. The van der Waals surface area contributed by atoms with Crippen molar-refractivity contribution in [3.63, 3.8) is 0 Å². The lowest BCUT2D eigenvalue weighted by Gasteiger charge is -2.08. The summed E-state index contributed by atoms with van der Waals surface area (Å²) in [5.74, 6) is 0. The molecule has 0 heterocycles. The van der Waals surface area contributed by atoms with Gasteiger partial charge in [0.2, 0.25) is 0 Å². The molecule has 0 aliphatic heterocycles. The van der Waals surface area contributed by atoms with Gasteiger partial charge in [0.1, 0.15) is 0 Å². The minimum absolute atomic E-state index is 0.0492. The first-order valence-electron chi connectivity index (χ1n) is 7.13. The van der Waals surface area contributed by atoms with Crippen molar-refractivity contribution < 1.29 is 47.3 Å². The molecule has 0 N–H and O–H groups in total. The zero-order valence-electron chi connectivity index (χ0n) is 14.1. The zero-order chi connectivity index (χ0) is 19.4. The van der Waals surface area contributed by atoms with E-state index in [1.54, 1.807) is 7.14 Å². The summed E-state index contributed by atoms with van der Waals surface area (Å²) in [6.07, 6.45) is 0. The van der Waals surface area contributed by atoms with Crippen LogP contribution in [0.15, 0.2) is 36.4 Å². The molecule has 0 aromatic heterocycles. The highest BCUT2D eigenvalue weighted by atomic mass is 127. The van der Waals surface area contributed by atoms with Crippen LogP contribution >= 0.6 is 0 Å². The molecule has 0 amide bonds. The Balaban J connectivity index is 0.000000333. The first-order chi connectivity index (χ1) is 11.3. The van der Waals surface area contributed by atoms with Crippen LogP contribution in [0.5, 0.6) is 0 Å². The van der Waals surface area contributed by atoms with Crippen molar-refractivity contribution in [2.75, 3.05) is 0 Å². The number of benzene rings is 2. The predicted molar refractivity (Wildman–Crippen MR) is 85.0 cm³/mol. The van der Waals surface area contributed by atoms with Crippen molar-refractivity contribution in [1.29, 1.82) is 0 Å². The smallest absolute Gasteiger partial charge is 0.485 e. The van der Waals surface area contributed by atoms with Gasteiger partial charge in [-0.3, -0.25) is 0 Å². The molecule has 0 saturated carbocycles. The van der Waals surface area contributed by atoms with Gasteiger partial charge >= 0.3 is 26.7 Å². The Morgan fingerprint density at radius 1 is 0.920 bits per heavy atom. The Labute approximate surface area is 156 Å². The van der Waals surface area contributed by atoms with E-state index in [1.165, 1.54) is 22.3 Å². The van der Waals surface area contributed by atoms with Gasteiger partial charge < -0.3 is 4.55 Å². The molecule has 0 aliphatic rings. The third-order valence-electron chi connectivity index (χ3n) is 3.14. The van der Waals surface area contributed by atoms with Gasteiger partial charge in [0.15, 0.2) is 17.3 Å². The highest BCUT2D eigenvalue weighted by molar-refractivity contribution is 7.86. The fourth-order valence-electron chi connectivity index (χ4n) is 2.07. The molecule has 0 spiro atoms. The van der Waals surface area contributed by atoms with Gasteiger partial charge in [-0.05, 0) is 33.8 Å². The van der Waals surface area contributed by atoms with E-state index in [0.717, 1.165) is 0 Å². The van der Waals surface area contributed by atoms with Gasteiger partial charge in [0.05, 0.1) is 0 Å². The van der Waals surface area contributed by atoms with Crippen molar-refractivity contribution in [2.45, 2.75) is 33.2 Å². The first-order valence-corrected chi connectivity index (χ1v) is 10.7. The number of rotatable bonds is 2. The third-order valence-corrected chi connectivity index (χ3v) is 7.74. The predicted octanol–water partition coefficient (Wildman–Crippen LogP) is 1.10. The second-order valence-corrected chi connectivity index (χ2v) is 9.61. The summed E-state index contributed by atoms with van der Waals surface area (Å²) in [6, 6.07) is 13.4. The third kappa shape index (κ3) is 6.59. The van der Waals surface area contributed by atoms with Crippen LogP contribution < -0.4 is 21.2 Å². The lowest BCUT2D eigenvalue weighted by molar-refractivity contribution is -0.599. The van der Waals surface area contributed by atoms with Crippen LogP contribution in [-0.2, 0) is 10.1 Å². The second-order valence-electron chi connectivity index (χ2n) is 5.46. The summed E-state index contributed by atoms with van der Waals surface area (Å²) in [5, 5.41) is 0. The molecular weight excluding hydrogens is 468 g/mol. The number of alkyl halides is 3. The Morgan fingerprint density at radius 3 is 1.76 bits per heavy atom. The highest BCUT2D eigenvalue weighted by Gasteiger charge is 2.36. The summed E-state index contributed by atoms with van der Waals surface area (Å²) in [6.45, 7) is 8.88. The Morgan fingerprint density at radius 2 is 1.36 bits per heavy atom. The zero-order valence-corrected chi connectivity index (χ0v) is 17.1. The van der Waals surface area contributed by atoms with E-state index in [9.17, 15) is 13.2 Å². The average Bonchev–Trinajstić information content (AvgIpc) is 2.43. The molecule has 2 aromatic rings. The molecule has 2 rings (SSSR count). The highest BCUT2D eigenvalue weighted by Crippen LogP contribution is 2.20. The van der Waals surface area contributed by atoms with Crippen LogP contribution in [0.2, 0.25) is 0 Å². The Hall–Kier alpha value is -1.13. The maximum absolute atomic E-state index is 10.7. The Bertz CT molecular complexity index is 823. The summed E-state index contributed by atoms with van der Waals surface area (Å²) in [4.78, 5) is 0. The van der Waals surface area contributed by atoms with Crippen molar-refractivity contribution in [3.8, 4) is 0 Å². The minimum Gasteiger partial charge on any atom is -0.741 e.